The Labute approximate surface area is 166 Å². The molecular formula is C21H19FN4O3. The Kier molecular flexibility index (Phi) is 5.24. The molecule has 0 aliphatic carbocycles. The number of halogens is 1. The van der Waals surface area contributed by atoms with E-state index in [1.807, 2.05) is 0 Å². The van der Waals surface area contributed by atoms with Gasteiger partial charge < -0.3 is 19.5 Å². The Balaban J connectivity index is 1.34. The third-order valence-electron chi connectivity index (χ3n) is 4.70. The fourth-order valence-corrected chi connectivity index (χ4v) is 3.12. The molecule has 0 unspecified atom stereocenters. The van der Waals surface area contributed by atoms with Crippen LogP contribution in [0.2, 0.25) is 0 Å². The number of amides is 2. The van der Waals surface area contributed by atoms with Crippen molar-refractivity contribution in [2.24, 2.45) is 0 Å². The Hall–Kier alpha value is -3.68. The molecule has 4 rings (SSSR count). The summed E-state index contributed by atoms with van der Waals surface area (Å²) in [5, 5.41) is 3.10. The summed E-state index contributed by atoms with van der Waals surface area (Å²) in [6.07, 6.45) is 3.03. The SMILES string of the molecule is O=C(c1ccc(Nc2ccc(F)cc2)cn1)N1CCN(C(=O)c2ccco2)CC1. The monoisotopic (exact) mass is 394 g/mol. The number of anilines is 2. The van der Waals surface area contributed by atoms with Gasteiger partial charge in [-0.2, -0.15) is 0 Å². The maximum Gasteiger partial charge on any atom is 0.289 e. The Morgan fingerprint density at radius 3 is 2.14 bits per heavy atom. The standard InChI is InChI=1S/C21H19FN4O3/c22-15-3-5-16(6-4-15)24-17-7-8-18(23-14-17)20(27)25-9-11-26(12-10-25)21(28)19-2-1-13-29-19/h1-8,13-14,24H,9-12H2. The smallest absolute Gasteiger partial charge is 0.289 e. The molecule has 1 aromatic carbocycles. The first kappa shape index (κ1) is 18.7. The number of pyridine rings is 1. The first-order valence-electron chi connectivity index (χ1n) is 9.21. The summed E-state index contributed by atoms with van der Waals surface area (Å²) in [7, 11) is 0. The van der Waals surface area contributed by atoms with Crippen molar-refractivity contribution < 1.29 is 18.4 Å². The van der Waals surface area contributed by atoms with Crippen LogP contribution in [0.15, 0.2) is 65.4 Å². The lowest BCUT2D eigenvalue weighted by atomic mass is 10.2. The fourth-order valence-electron chi connectivity index (χ4n) is 3.12. The van der Waals surface area contributed by atoms with E-state index in [9.17, 15) is 14.0 Å². The first-order chi connectivity index (χ1) is 14.1. The van der Waals surface area contributed by atoms with Crippen LogP contribution >= 0.6 is 0 Å². The molecule has 0 radical (unpaired) electrons. The van der Waals surface area contributed by atoms with Crippen molar-refractivity contribution in [2.75, 3.05) is 31.5 Å². The Morgan fingerprint density at radius 1 is 0.897 bits per heavy atom. The summed E-state index contributed by atoms with van der Waals surface area (Å²) in [6.45, 7) is 1.75. The lowest BCUT2D eigenvalue weighted by molar-refractivity contribution is 0.0515. The van der Waals surface area contributed by atoms with E-state index >= 15 is 0 Å². The summed E-state index contributed by atoms with van der Waals surface area (Å²) >= 11 is 0. The summed E-state index contributed by atoms with van der Waals surface area (Å²) in [5.74, 6) is -0.351. The molecule has 2 amide bonds. The van der Waals surface area contributed by atoms with E-state index in [4.69, 9.17) is 4.42 Å². The van der Waals surface area contributed by atoms with Crippen LogP contribution in [0, 0.1) is 5.82 Å². The maximum atomic E-state index is 13.0. The van der Waals surface area contributed by atoms with Crippen LogP contribution < -0.4 is 5.32 Å². The normalized spacial score (nSPS) is 14.0. The van der Waals surface area contributed by atoms with Gasteiger partial charge in [0.2, 0.25) is 0 Å². The van der Waals surface area contributed by atoms with E-state index in [0.29, 0.717) is 43.3 Å². The lowest BCUT2D eigenvalue weighted by Crippen LogP contribution is -2.50. The van der Waals surface area contributed by atoms with Gasteiger partial charge in [-0.15, -0.1) is 0 Å². The fraction of sp³-hybridized carbons (Fsp3) is 0.190. The second-order valence-electron chi connectivity index (χ2n) is 6.63. The van der Waals surface area contributed by atoms with Crippen molar-refractivity contribution >= 4 is 23.2 Å². The van der Waals surface area contributed by atoms with Gasteiger partial charge in [-0.25, -0.2) is 9.37 Å². The average Bonchev–Trinajstić information content (AvgIpc) is 3.30. The van der Waals surface area contributed by atoms with E-state index in [-0.39, 0.29) is 17.6 Å². The van der Waals surface area contributed by atoms with Gasteiger partial charge in [0.15, 0.2) is 5.76 Å². The topological polar surface area (TPSA) is 78.7 Å². The minimum absolute atomic E-state index is 0.170. The third kappa shape index (κ3) is 4.26. The molecule has 2 aromatic heterocycles. The van der Waals surface area contributed by atoms with Crippen molar-refractivity contribution in [3.8, 4) is 0 Å². The van der Waals surface area contributed by atoms with Crippen molar-refractivity contribution in [2.45, 2.75) is 0 Å². The molecule has 0 saturated carbocycles. The number of aromatic nitrogens is 1. The number of benzene rings is 1. The average molecular weight is 394 g/mol. The molecular weight excluding hydrogens is 375 g/mol. The number of rotatable bonds is 4. The van der Waals surface area contributed by atoms with Gasteiger partial charge in [-0.05, 0) is 48.5 Å². The van der Waals surface area contributed by atoms with Gasteiger partial charge >= 0.3 is 0 Å². The molecule has 1 aliphatic rings. The molecule has 8 heteroatoms. The van der Waals surface area contributed by atoms with Gasteiger partial charge in [0.25, 0.3) is 11.8 Å². The molecule has 3 heterocycles. The maximum absolute atomic E-state index is 13.0. The minimum atomic E-state index is -0.305. The molecule has 1 saturated heterocycles. The van der Waals surface area contributed by atoms with Gasteiger partial charge in [0.1, 0.15) is 11.5 Å². The highest BCUT2D eigenvalue weighted by molar-refractivity contribution is 5.94. The minimum Gasteiger partial charge on any atom is -0.459 e. The number of carbonyl (C=O) groups is 2. The molecule has 1 fully saturated rings. The number of nitrogens with one attached hydrogen (secondary N) is 1. The summed E-state index contributed by atoms with van der Waals surface area (Å²) in [6, 6.07) is 12.7. The molecule has 0 atom stereocenters. The zero-order chi connectivity index (χ0) is 20.2. The predicted octanol–water partition coefficient (Wildman–Crippen LogP) is 3.16. The zero-order valence-electron chi connectivity index (χ0n) is 15.5. The largest absolute Gasteiger partial charge is 0.459 e. The van der Waals surface area contributed by atoms with Crippen molar-refractivity contribution in [1.29, 1.82) is 0 Å². The molecule has 1 aliphatic heterocycles. The van der Waals surface area contributed by atoms with Crippen LogP contribution in [-0.2, 0) is 0 Å². The number of hydrogen-bond acceptors (Lipinski definition) is 5. The van der Waals surface area contributed by atoms with Crippen LogP contribution in [-0.4, -0.2) is 52.8 Å². The molecule has 29 heavy (non-hydrogen) atoms. The van der Waals surface area contributed by atoms with Gasteiger partial charge in [0.05, 0.1) is 18.1 Å². The Bertz CT molecular complexity index is 980. The molecule has 0 bridgehead atoms. The molecule has 7 nitrogen and oxygen atoms in total. The Morgan fingerprint density at radius 2 is 1.55 bits per heavy atom. The van der Waals surface area contributed by atoms with Crippen LogP contribution in [0.5, 0.6) is 0 Å². The highest BCUT2D eigenvalue weighted by Gasteiger charge is 2.27. The van der Waals surface area contributed by atoms with Crippen LogP contribution in [0.1, 0.15) is 21.0 Å². The first-order valence-corrected chi connectivity index (χ1v) is 9.21. The van der Waals surface area contributed by atoms with Crippen LogP contribution in [0.3, 0.4) is 0 Å². The lowest BCUT2D eigenvalue weighted by Gasteiger charge is -2.34. The van der Waals surface area contributed by atoms with Crippen molar-refractivity contribution in [1.82, 2.24) is 14.8 Å². The van der Waals surface area contributed by atoms with Crippen molar-refractivity contribution in [3.05, 3.63) is 78.3 Å². The quantitative estimate of drug-likeness (QED) is 0.735. The summed E-state index contributed by atoms with van der Waals surface area (Å²) in [5.41, 5.74) is 1.76. The third-order valence-corrected chi connectivity index (χ3v) is 4.70. The van der Waals surface area contributed by atoms with E-state index < -0.39 is 0 Å². The van der Waals surface area contributed by atoms with E-state index in [2.05, 4.69) is 10.3 Å². The number of carbonyl (C=O) groups excluding carboxylic acids is 2. The summed E-state index contributed by atoms with van der Waals surface area (Å²) < 4.78 is 18.1. The second-order valence-corrected chi connectivity index (χ2v) is 6.63. The predicted molar refractivity (Wildman–Crippen MR) is 104 cm³/mol. The van der Waals surface area contributed by atoms with E-state index in [1.54, 1.807) is 52.4 Å². The van der Waals surface area contributed by atoms with Gasteiger partial charge in [-0.3, -0.25) is 9.59 Å². The molecule has 148 valence electrons. The number of hydrogen-bond donors (Lipinski definition) is 1. The number of furan rings is 1. The van der Waals surface area contributed by atoms with E-state index in [1.165, 1.54) is 18.4 Å². The number of nitrogens with zero attached hydrogens (tertiary/aromatic N) is 3. The van der Waals surface area contributed by atoms with Gasteiger partial charge in [0, 0.05) is 31.9 Å². The number of piperazine rings is 1. The van der Waals surface area contributed by atoms with Crippen molar-refractivity contribution in [3.63, 3.8) is 0 Å². The van der Waals surface area contributed by atoms with Gasteiger partial charge in [-0.1, -0.05) is 0 Å². The highest BCUT2D eigenvalue weighted by atomic mass is 19.1. The molecule has 0 spiro atoms. The molecule has 1 N–H and O–H groups in total. The highest BCUT2D eigenvalue weighted by Crippen LogP contribution is 2.17. The van der Waals surface area contributed by atoms with Crippen LogP contribution in [0.4, 0.5) is 15.8 Å². The van der Waals surface area contributed by atoms with Crippen LogP contribution in [0.25, 0.3) is 0 Å². The second kappa shape index (κ2) is 8.14. The molecule has 3 aromatic rings. The van der Waals surface area contributed by atoms with E-state index in [0.717, 1.165) is 5.69 Å². The zero-order valence-corrected chi connectivity index (χ0v) is 15.5. The summed E-state index contributed by atoms with van der Waals surface area (Å²) in [4.78, 5) is 32.6.